The first-order chi connectivity index (χ1) is 16.3. The van der Waals surface area contributed by atoms with Crippen molar-refractivity contribution < 1.29 is 27.9 Å². The standard InChI is InChI=1S/C26H23NO6S/c1-3-17-9-15-20(16-10-17)27-22(18-11-13-19(14-12-18)26(30)33-2)24(23(28)25(27)29)34(31,32)21-7-5-4-6-8-21/h4-16,22,28H,3H2,1-2H3. The van der Waals surface area contributed by atoms with Crippen LogP contribution in [-0.4, -0.2) is 32.5 Å². The Kier molecular flexibility index (Phi) is 6.26. The van der Waals surface area contributed by atoms with Gasteiger partial charge in [0.1, 0.15) is 10.9 Å². The first-order valence-electron chi connectivity index (χ1n) is 10.6. The van der Waals surface area contributed by atoms with Crippen molar-refractivity contribution in [3.05, 3.63) is 106 Å². The van der Waals surface area contributed by atoms with E-state index in [0.29, 0.717) is 11.3 Å². The normalized spacial score (nSPS) is 16.1. The molecule has 0 spiro atoms. The molecule has 0 radical (unpaired) electrons. The Bertz CT molecular complexity index is 1360. The van der Waals surface area contributed by atoms with Gasteiger partial charge in [0, 0.05) is 5.69 Å². The number of aryl methyl sites for hydroxylation is 1. The molecule has 0 saturated heterocycles. The number of aliphatic hydroxyl groups excluding tert-OH is 1. The highest BCUT2D eigenvalue weighted by molar-refractivity contribution is 7.95. The largest absolute Gasteiger partial charge is 0.502 e. The zero-order valence-corrected chi connectivity index (χ0v) is 19.5. The van der Waals surface area contributed by atoms with Gasteiger partial charge in [-0.3, -0.25) is 9.69 Å². The summed E-state index contributed by atoms with van der Waals surface area (Å²) in [5, 5.41) is 10.8. The number of ether oxygens (including phenoxy) is 1. The number of sulfone groups is 1. The maximum Gasteiger partial charge on any atom is 0.337 e. The quantitative estimate of drug-likeness (QED) is 0.529. The van der Waals surface area contributed by atoms with E-state index in [1.165, 1.54) is 36.3 Å². The molecule has 0 bridgehead atoms. The second-order valence-corrected chi connectivity index (χ2v) is 9.66. The molecule has 1 unspecified atom stereocenters. The van der Waals surface area contributed by atoms with E-state index in [4.69, 9.17) is 4.74 Å². The first kappa shape index (κ1) is 23.3. The summed E-state index contributed by atoms with van der Waals surface area (Å²) in [5.41, 5.74) is 2.17. The molecule has 0 saturated carbocycles. The van der Waals surface area contributed by atoms with Gasteiger partial charge in [0.05, 0.1) is 17.6 Å². The number of aliphatic hydroxyl groups is 1. The lowest BCUT2D eigenvalue weighted by Gasteiger charge is -2.27. The van der Waals surface area contributed by atoms with E-state index in [-0.39, 0.29) is 10.5 Å². The molecule has 174 valence electrons. The van der Waals surface area contributed by atoms with Crippen molar-refractivity contribution in [2.45, 2.75) is 24.3 Å². The van der Waals surface area contributed by atoms with E-state index in [1.54, 1.807) is 42.5 Å². The van der Waals surface area contributed by atoms with Crippen molar-refractivity contribution in [2.75, 3.05) is 12.0 Å². The minimum Gasteiger partial charge on any atom is -0.502 e. The lowest BCUT2D eigenvalue weighted by Crippen LogP contribution is -2.31. The molecule has 1 aliphatic rings. The number of carbonyl (C=O) groups excluding carboxylic acids is 2. The number of rotatable bonds is 6. The van der Waals surface area contributed by atoms with Gasteiger partial charge >= 0.3 is 5.97 Å². The van der Waals surface area contributed by atoms with Crippen LogP contribution in [0.3, 0.4) is 0 Å². The van der Waals surface area contributed by atoms with Gasteiger partial charge in [-0.2, -0.15) is 0 Å². The number of anilines is 1. The topological polar surface area (TPSA) is 101 Å². The molecule has 3 aromatic rings. The van der Waals surface area contributed by atoms with Crippen molar-refractivity contribution >= 4 is 27.4 Å². The van der Waals surface area contributed by atoms with Crippen LogP contribution < -0.4 is 4.90 Å². The molecule has 3 aromatic carbocycles. The summed E-state index contributed by atoms with van der Waals surface area (Å²) in [6, 6.07) is 19.7. The molecule has 0 aromatic heterocycles. The maximum atomic E-state index is 13.6. The molecule has 0 fully saturated rings. The fourth-order valence-electron chi connectivity index (χ4n) is 3.96. The van der Waals surface area contributed by atoms with Gasteiger partial charge in [0.15, 0.2) is 5.76 Å². The van der Waals surface area contributed by atoms with E-state index in [2.05, 4.69) is 0 Å². The molecule has 0 aliphatic carbocycles. The number of methoxy groups -OCH3 is 1. The van der Waals surface area contributed by atoms with Crippen LogP contribution in [0.1, 0.15) is 34.5 Å². The SMILES string of the molecule is CCc1ccc(N2C(=O)C(O)=C(S(=O)(=O)c3ccccc3)C2c2ccc(C(=O)OC)cc2)cc1. The van der Waals surface area contributed by atoms with Gasteiger partial charge in [-0.05, 0) is 53.9 Å². The van der Waals surface area contributed by atoms with Crippen LogP contribution in [0.15, 0.2) is 94.4 Å². The second-order valence-electron chi connectivity index (χ2n) is 7.74. The van der Waals surface area contributed by atoms with Crippen molar-refractivity contribution in [3.8, 4) is 0 Å². The van der Waals surface area contributed by atoms with E-state index in [9.17, 15) is 23.1 Å². The summed E-state index contributed by atoms with van der Waals surface area (Å²) >= 11 is 0. The Labute approximate surface area is 197 Å². The first-order valence-corrected chi connectivity index (χ1v) is 12.1. The van der Waals surface area contributed by atoms with Gasteiger partial charge in [-0.25, -0.2) is 13.2 Å². The van der Waals surface area contributed by atoms with Crippen LogP contribution in [-0.2, 0) is 25.8 Å². The number of nitrogens with zero attached hydrogens (tertiary/aromatic N) is 1. The highest BCUT2D eigenvalue weighted by Gasteiger charge is 2.47. The number of benzene rings is 3. The second kappa shape index (κ2) is 9.15. The van der Waals surface area contributed by atoms with Crippen molar-refractivity contribution in [1.29, 1.82) is 0 Å². The number of hydrogen-bond donors (Lipinski definition) is 1. The van der Waals surface area contributed by atoms with Crippen LogP contribution in [0.4, 0.5) is 5.69 Å². The molecule has 8 heteroatoms. The van der Waals surface area contributed by atoms with Crippen LogP contribution >= 0.6 is 0 Å². The number of hydrogen-bond acceptors (Lipinski definition) is 6. The molecule has 1 aliphatic heterocycles. The van der Waals surface area contributed by atoms with E-state index in [1.807, 2.05) is 19.1 Å². The van der Waals surface area contributed by atoms with Crippen LogP contribution in [0, 0.1) is 0 Å². The van der Waals surface area contributed by atoms with Crippen LogP contribution in [0.2, 0.25) is 0 Å². The maximum absolute atomic E-state index is 13.6. The van der Waals surface area contributed by atoms with Crippen molar-refractivity contribution in [3.63, 3.8) is 0 Å². The minimum absolute atomic E-state index is 0.0382. The molecule has 1 heterocycles. The molecule has 4 rings (SSSR count). The number of carbonyl (C=O) groups is 2. The predicted octanol–water partition coefficient (Wildman–Crippen LogP) is 4.37. The molecule has 1 amide bonds. The van der Waals surface area contributed by atoms with E-state index < -0.39 is 38.4 Å². The fourth-order valence-corrected chi connectivity index (χ4v) is 5.61. The molecule has 1 atom stereocenters. The average Bonchev–Trinajstić information content (AvgIpc) is 3.15. The highest BCUT2D eigenvalue weighted by atomic mass is 32.2. The monoisotopic (exact) mass is 477 g/mol. The summed E-state index contributed by atoms with van der Waals surface area (Å²) in [6.45, 7) is 2.00. The molecular weight excluding hydrogens is 454 g/mol. The van der Waals surface area contributed by atoms with Gasteiger partial charge in [-0.1, -0.05) is 49.4 Å². The van der Waals surface area contributed by atoms with Gasteiger partial charge in [-0.15, -0.1) is 0 Å². The van der Waals surface area contributed by atoms with E-state index >= 15 is 0 Å². The summed E-state index contributed by atoms with van der Waals surface area (Å²) in [6.07, 6.45) is 0.795. The summed E-state index contributed by atoms with van der Waals surface area (Å²) in [7, 11) is -2.96. The molecule has 34 heavy (non-hydrogen) atoms. The Balaban J connectivity index is 1.90. The summed E-state index contributed by atoms with van der Waals surface area (Å²) in [4.78, 5) is 25.9. The Hall–Kier alpha value is -3.91. The number of esters is 1. The zero-order chi connectivity index (χ0) is 24.5. The fraction of sp³-hybridized carbons (Fsp3) is 0.154. The minimum atomic E-state index is -4.23. The average molecular weight is 478 g/mol. The van der Waals surface area contributed by atoms with Crippen LogP contribution in [0.25, 0.3) is 0 Å². The zero-order valence-electron chi connectivity index (χ0n) is 18.6. The molecule has 1 N–H and O–H groups in total. The Morgan fingerprint density at radius 1 is 0.971 bits per heavy atom. The lowest BCUT2D eigenvalue weighted by molar-refractivity contribution is -0.117. The molecule has 7 nitrogen and oxygen atoms in total. The summed E-state index contributed by atoms with van der Waals surface area (Å²) in [5.74, 6) is -2.19. The van der Waals surface area contributed by atoms with Crippen molar-refractivity contribution in [1.82, 2.24) is 0 Å². The van der Waals surface area contributed by atoms with Crippen LogP contribution in [0.5, 0.6) is 0 Å². The third kappa shape index (κ3) is 3.97. The lowest BCUT2D eigenvalue weighted by atomic mass is 10.0. The van der Waals surface area contributed by atoms with E-state index in [0.717, 1.165) is 12.0 Å². The van der Waals surface area contributed by atoms with Gasteiger partial charge < -0.3 is 9.84 Å². The molecular formula is C26H23NO6S. The van der Waals surface area contributed by atoms with Gasteiger partial charge in [0.2, 0.25) is 9.84 Å². The van der Waals surface area contributed by atoms with Crippen molar-refractivity contribution in [2.24, 2.45) is 0 Å². The smallest absolute Gasteiger partial charge is 0.337 e. The predicted molar refractivity (Wildman–Crippen MR) is 127 cm³/mol. The summed E-state index contributed by atoms with van der Waals surface area (Å²) < 4.78 is 31.9. The third-order valence-corrected chi connectivity index (χ3v) is 7.66. The van der Waals surface area contributed by atoms with Gasteiger partial charge in [0.25, 0.3) is 5.91 Å². The Morgan fingerprint density at radius 3 is 2.15 bits per heavy atom. The highest BCUT2D eigenvalue weighted by Crippen LogP contribution is 2.44. The Morgan fingerprint density at radius 2 is 1.59 bits per heavy atom. The third-order valence-electron chi connectivity index (χ3n) is 5.77. The number of amides is 1.